The second-order valence-electron chi connectivity index (χ2n) is 5.50. The summed E-state index contributed by atoms with van der Waals surface area (Å²) in [4.78, 5) is 41.8. The van der Waals surface area contributed by atoms with Gasteiger partial charge in [0.2, 0.25) is 5.91 Å². The molecule has 1 amide bonds. The fourth-order valence-electron chi connectivity index (χ4n) is 2.40. The van der Waals surface area contributed by atoms with Crippen LogP contribution < -0.4 is 16.6 Å². The van der Waals surface area contributed by atoms with Crippen molar-refractivity contribution in [2.24, 2.45) is 7.05 Å². The number of aromatic amines is 1. The molecule has 124 valence electrons. The predicted octanol–water partition coefficient (Wildman–Crippen LogP) is 0.236. The Bertz CT molecular complexity index is 802. The van der Waals surface area contributed by atoms with E-state index in [0.29, 0.717) is 5.56 Å². The molecular formula is C15H21N5O3. The highest BCUT2D eigenvalue weighted by Gasteiger charge is 2.18. The zero-order valence-corrected chi connectivity index (χ0v) is 13.5. The number of aryl methyl sites for hydroxylation is 2. The Morgan fingerprint density at radius 1 is 1.43 bits per heavy atom. The van der Waals surface area contributed by atoms with Crippen molar-refractivity contribution in [1.82, 2.24) is 24.4 Å². The average molecular weight is 319 g/mol. The van der Waals surface area contributed by atoms with Gasteiger partial charge in [0.1, 0.15) is 12.4 Å². The van der Waals surface area contributed by atoms with Gasteiger partial charge in [-0.1, -0.05) is 13.3 Å². The Balaban J connectivity index is 2.14. The average Bonchev–Trinajstić information content (AvgIpc) is 2.90. The molecule has 0 aliphatic heterocycles. The van der Waals surface area contributed by atoms with E-state index in [2.05, 4.69) is 15.3 Å². The van der Waals surface area contributed by atoms with Gasteiger partial charge in [0.15, 0.2) is 0 Å². The van der Waals surface area contributed by atoms with Crippen molar-refractivity contribution in [3.63, 3.8) is 0 Å². The van der Waals surface area contributed by atoms with Crippen LogP contribution in [-0.4, -0.2) is 25.0 Å². The summed E-state index contributed by atoms with van der Waals surface area (Å²) in [5.41, 5.74) is -0.657. The molecule has 8 nitrogen and oxygen atoms in total. The summed E-state index contributed by atoms with van der Waals surface area (Å²) >= 11 is 0. The molecule has 0 unspecified atom stereocenters. The number of H-pyrrole nitrogens is 1. The molecule has 0 saturated carbocycles. The van der Waals surface area contributed by atoms with E-state index in [1.54, 1.807) is 13.1 Å². The lowest BCUT2D eigenvalue weighted by molar-refractivity contribution is -0.122. The van der Waals surface area contributed by atoms with E-state index in [4.69, 9.17) is 0 Å². The largest absolute Gasteiger partial charge is 0.345 e. The van der Waals surface area contributed by atoms with Crippen LogP contribution in [0.5, 0.6) is 0 Å². The molecule has 2 aromatic heterocycles. The van der Waals surface area contributed by atoms with Crippen molar-refractivity contribution in [1.29, 1.82) is 0 Å². The molecule has 0 bridgehead atoms. The van der Waals surface area contributed by atoms with Gasteiger partial charge < -0.3 is 9.88 Å². The first-order valence-electron chi connectivity index (χ1n) is 7.49. The number of aromatic nitrogens is 4. The molecular weight excluding hydrogens is 298 g/mol. The van der Waals surface area contributed by atoms with Crippen LogP contribution in [0.15, 0.2) is 28.2 Å². The van der Waals surface area contributed by atoms with Gasteiger partial charge in [0, 0.05) is 31.2 Å². The van der Waals surface area contributed by atoms with Crippen molar-refractivity contribution >= 4 is 5.91 Å². The van der Waals surface area contributed by atoms with Crippen LogP contribution in [0.2, 0.25) is 0 Å². The summed E-state index contributed by atoms with van der Waals surface area (Å²) in [6, 6.07) is -0.216. The van der Waals surface area contributed by atoms with E-state index in [1.165, 1.54) is 10.8 Å². The first kappa shape index (κ1) is 16.7. The molecule has 0 aliphatic rings. The maximum Gasteiger partial charge on any atom is 0.328 e. The van der Waals surface area contributed by atoms with E-state index in [-0.39, 0.29) is 18.5 Å². The van der Waals surface area contributed by atoms with Crippen LogP contribution >= 0.6 is 0 Å². The van der Waals surface area contributed by atoms with Gasteiger partial charge in [-0.25, -0.2) is 9.78 Å². The summed E-state index contributed by atoms with van der Waals surface area (Å²) < 4.78 is 3.05. The summed E-state index contributed by atoms with van der Waals surface area (Å²) in [7, 11) is 1.87. The minimum atomic E-state index is -0.597. The number of nitrogens with one attached hydrogen (secondary N) is 2. The zero-order chi connectivity index (χ0) is 17.0. The molecule has 0 fully saturated rings. The quantitative estimate of drug-likeness (QED) is 0.796. The second-order valence-corrected chi connectivity index (χ2v) is 5.50. The number of carbonyl (C=O) groups is 1. The van der Waals surface area contributed by atoms with E-state index >= 15 is 0 Å². The smallest absolute Gasteiger partial charge is 0.328 e. The summed E-state index contributed by atoms with van der Waals surface area (Å²) in [6.07, 6.45) is 6.52. The van der Waals surface area contributed by atoms with Crippen LogP contribution in [0, 0.1) is 6.92 Å². The Kier molecular flexibility index (Phi) is 5.15. The Morgan fingerprint density at radius 3 is 2.78 bits per heavy atom. The highest BCUT2D eigenvalue weighted by molar-refractivity contribution is 5.76. The van der Waals surface area contributed by atoms with Gasteiger partial charge in [0.05, 0.1) is 6.04 Å². The number of carbonyl (C=O) groups excluding carboxylic acids is 1. The lowest BCUT2D eigenvalue weighted by atomic mass is 10.1. The highest BCUT2D eigenvalue weighted by atomic mass is 16.2. The maximum atomic E-state index is 12.3. The van der Waals surface area contributed by atoms with Gasteiger partial charge in [-0.2, -0.15) is 0 Å². The molecule has 0 radical (unpaired) electrons. The maximum absolute atomic E-state index is 12.3. The second kappa shape index (κ2) is 7.08. The number of rotatable bonds is 6. The Hall–Kier alpha value is -2.64. The molecule has 23 heavy (non-hydrogen) atoms. The first-order chi connectivity index (χ1) is 10.9. The van der Waals surface area contributed by atoms with Gasteiger partial charge in [-0.3, -0.25) is 19.1 Å². The zero-order valence-electron chi connectivity index (χ0n) is 13.5. The van der Waals surface area contributed by atoms with E-state index < -0.39 is 11.2 Å². The summed E-state index contributed by atoms with van der Waals surface area (Å²) in [5.74, 6) is 0.463. The topological polar surface area (TPSA) is 102 Å². The van der Waals surface area contributed by atoms with Crippen molar-refractivity contribution in [2.45, 2.75) is 39.3 Å². The minimum Gasteiger partial charge on any atom is -0.345 e. The minimum absolute atomic E-state index is 0.152. The molecule has 1 atom stereocenters. The lowest BCUT2D eigenvalue weighted by Crippen LogP contribution is -2.38. The molecule has 0 saturated heterocycles. The third kappa shape index (κ3) is 3.97. The van der Waals surface area contributed by atoms with Gasteiger partial charge in [-0.15, -0.1) is 0 Å². The van der Waals surface area contributed by atoms with Gasteiger partial charge in [-0.05, 0) is 13.3 Å². The third-order valence-corrected chi connectivity index (χ3v) is 3.59. The Labute approximate surface area is 133 Å². The van der Waals surface area contributed by atoms with E-state index in [0.717, 1.165) is 18.7 Å². The highest BCUT2D eigenvalue weighted by Crippen LogP contribution is 2.15. The van der Waals surface area contributed by atoms with Crippen LogP contribution in [0.25, 0.3) is 0 Å². The predicted molar refractivity (Wildman–Crippen MR) is 85.1 cm³/mol. The van der Waals surface area contributed by atoms with Gasteiger partial charge >= 0.3 is 5.69 Å². The van der Waals surface area contributed by atoms with E-state index in [1.807, 2.05) is 24.7 Å². The van der Waals surface area contributed by atoms with Crippen molar-refractivity contribution in [3.8, 4) is 0 Å². The van der Waals surface area contributed by atoms with Crippen LogP contribution in [-0.2, 0) is 18.4 Å². The number of imidazole rings is 1. The van der Waals surface area contributed by atoms with Crippen LogP contribution in [0.1, 0.15) is 37.2 Å². The van der Waals surface area contributed by atoms with Crippen molar-refractivity contribution in [2.75, 3.05) is 0 Å². The molecule has 0 spiro atoms. The SMILES string of the molecule is CCC[C@H](NC(=O)Cn1cc(C)c(=O)[nH]c1=O)c1nccn1C. The molecule has 0 aliphatic carbocycles. The molecule has 8 heteroatoms. The van der Waals surface area contributed by atoms with Crippen molar-refractivity contribution in [3.05, 3.63) is 50.8 Å². The summed E-state index contributed by atoms with van der Waals surface area (Å²) in [5, 5.41) is 2.90. The first-order valence-corrected chi connectivity index (χ1v) is 7.49. The molecule has 0 aromatic carbocycles. The Morgan fingerprint density at radius 2 is 2.17 bits per heavy atom. The van der Waals surface area contributed by atoms with Crippen molar-refractivity contribution < 1.29 is 4.79 Å². The number of nitrogens with zero attached hydrogens (tertiary/aromatic N) is 3. The fraction of sp³-hybridized carbons (Fsp3) is 0.467. The lowest BCUT2D eigenvalue weighted by Gasteiger charge is -2.18. The van der Waals surface area contributed by atoms with Gasteiger partial charge in [0.25, 0.3) is 5.56 Å². The monoisotopic (exact) mass is 319 g/mol. The normalized spacial score (nSPS) is 12.1. The molecule has 2 aromatic rings. The fourth-order valence-corrected chi connectivity index (χ4v) is 2.40. The van der Waals surface area contributed by atoms with Crippen LogP contribution in [0.3, 0.4) is 0 Å². The standard InChI is InChI=1S/C15H21N5O3/c1-4-5-11(13-16-6-7-19(13)3)17-12(21)9-20-8-10(2)14(22)18-15(20)23/h6-8,11H,4-5,9H2,1-3H3,(H,17,21)(H,18,22,23)/t11-/m0/s1. The van der Waals surface area contributed by atoms with E-state index in [9.17, 15) is 14.4 Å². The number of amides is 1. The molecule has 2 N–H and O–H groups in total. The molecule has 2 heterocycles. The number of hydrogen-bond acceptors (Lipinski definition) is 4. The summed E-state index contributed by atoms with van der Waals surface area (Å²) in [6.45, 7) is 3.46. The third-order valence-electron chi connectivity index (χ3n) is 3.59. The van der Waals surface area contributed by atoms with Crippen LogP contribution in [0.4, 0.5) is 0 Å². The molecule has 2 rings (SSSR count). The number of hydrogen-bond donors (Lipinski definition) is 2.